The van der Waals surface area contributed by atoms with E-state index in [4.69, 9.17) is 0 Å². The minimum atomic E-state index is -1.66. The predicted octanol–water partition coefficient (Wildman–Crippen LogP) is 0.0798. The molecule has 20 heavy (non-hydrogen) atoms. The maximum Gasteiger partial charge on any atom is 0.238 e. The summed E-state index contributed by atoms with van der Waals surface area (Å²) in [6.07, 6.45) is -1.88. The molecule has 1 aliphatic heterocycles. The van der Waals surface area contributed by atoms with E-state index in [0.717, 1.165) is 6.07 Å². The van der Waals surface area contributed by atoms with Crippen LogP contribution in [-0.2, 0) is 4.79 Å². The fraction of sp³-hybridized carbons (Fsp3) is 0.417. The highest BCUT2D eigenvalue weighted by Gasteiger charge is 2.30. The van der Waals surface area contributed by atoms with Crippen LogP contribution in [0.4, 0.5) is 18.9 Å². The highest BCUT2D eigenvalue weighted by Crippen LogP contribution is 2.19. The normalized spacial score (nSPS) is 23.1. The first-order chi connectivity index (χ1) is 9.38. The third-order valence-electron chi connectivity index (χ3n) is 3.01. The zero-order chi connectivity index (χ0) is 14.9. The Hall–Kier alpha value is -1.64. The average molecular weight is 290 g/mol. The molecule has 1 saturated heterocycles. The predicted molar refractivity (Wildman–Crippen MR) is 63.4 cm³/mol. The van der Waals surface area contributed by atoms with Gasteiger partial charge in [0.1, 0.15) is 0 Å². The summed E-state index contributed by atoms with van der Waals surface area (Å²) in [7, 11) is 0. The van der Waals surface area contributed by atoms with Gasteiger partial charge in [-0.05, 0) is 12.1 Å². The summed E-state index contributed by atoms with van der Waals surface area (Å²) in [6, 6.07) is 1.62. The van der Waals surface area contributed by atoms with Crippen LogP contribution in [0.15, 0.2) is 12.1 Å². The lowest BCUT2D eigenvalue weighted by atomic mass is 10.2. The number of carbonyl (C=O) groups is 1. The number of anilines is 1. The van der Waals surface area contributed by atoms with Gasteiger partial charge in [0.2, 0.25) is 5.91 Å². The summed E-state index contributed by atoms with van der Waals surface area (Å²) >= 11 is 0. The van der Waals surface area contributed by atoms with Crippen molar-refractivity contribution >= 4 is 11.6 Å². The molecular weight excluding hydrogens is 277 g/mol. The molecule has 0 aromatic heterocycles. The molecule has 2 unspecified atom stereocenters. The third kappa shape index (κ3) is 3.09. The maximum absolute atomic E-state index is 13.3. The summed E-state index contributed by atoms with van der Waals surface area (Å²) in [6.45, 7) is 0.0102. The van der Waals surface area contributed by atoms with Crippen molar-refractivity contribution in [1.29, 1.82) is 0 Å². The SMILES string of the molecule is O=C(CN1CC(O)C(O)C1)Nc1ccc(F)c(F)c1F. The highest BCUT2D eigenvalue weighted by molar-refractivity contribution is 5.92. The van der Waals surface area contributed by atoms with Crippen LogP contribution in [0.25, 0.3) is 0 Å². The van der Waals surface area contributed by atoms with Crippen molar-refractivity contribution in [2.24, 2.45) is 0 Å². The number of halogens is 3. The molecule has 2 rings (SSSR count). The summed E-state index contributed by atoms with van der Waals surface area (Å²) in [5.41, 5.74) is -0.464. The molecule has 1 amide bonds. The van der Waals surface area contributed by atoms with Crippen LogP contribution >= 0.6 is 0 Å². The Morgan fingerprint density at radius 2 is 1.80 bits per heavy atom. The van der Waals surface area contributed by atoms with Gasteiger partial charge in [-0.15, -0.1) is 0 Å². The van der Waals surface area contributed by atoms with Gasteiger partial charge in [-0.25, -0.2) is 13.2 Å². The second-order valence-corrected chi connectivity index (χ2v) is 4.60. The molecule has 5 nitrogen and oxygen atoms in total. The van der Waals surface area contributed by atoms with E-state index in [2.05, 4.69) is 5.32 Å². The number of rotatable bonds is 3. The van der Waals surface area contributed by atoms with Crippen molar-refractivity contribution in [2.75, 3.05) is 25.0 Å². The molecule has 8 heteroatoms. The standard InChI is InChI=1S/C12H13F3N2O3/c13-6-1-2-7(12(15)11(6)14)16-10(20)5-17-3-8(18)9(19)4-17/h1-2,8-9,18-19H,3-5H2,(H,16,20). The number of nitrogens with zero attached hydrogens (tertiary/aromatic N) is 1. The highest BCUT2D eigenvalue weighted by atomic mass is 19.2. The molecule has 1 aromatic rings. The van der Waals surface area contributed by atoms with Crippen LogP contribution in [0.3, 0.4) is 0 Å². The van der Waals surface area contributed by atoms with Gasteiger partial charge in [0.25, 0.3) is 0 Å². The Morgan fingerprint density at radius 1 is 1.20 bits per heavy atom. The number of hydrogen-bond acceptors (Lipinski definition) is 4. The van der Waals surface area contributed by atoms with Gasteiger partial charge in [0, 0.05) is 13.1 Å². The number of aliphatic hydroxyl groups is 2. The number of nitrogens with one attached hydrogen (secondary N) is 1. The Balaban J connectivity index is 1.97. The second kappa shape index (κ2) is 5.78. The topological polar surface area (TPSA) is 72.8 Å². The Labute approximate surface area is 112 Å². The van der Waals surface area contributed by atoms with E-state index in [0.29, 0.717) is 6.07 Å². The lowest BCUT2D eigenvalue weighted by molar-refractivity contribution is -0.117. The molecule has 0 bridgehead atoms. The number of amides is 1. The van der Waals surface area contributed by atoms with Crippen molar-refractivity contribution in [2.45, 2.75) is 12.2 Å². The van der Waals surface area contributed by atoms with Crippen molar-refractivity contribution in [1.82, 2.24) is 4.90 Å². The molecule has 0 saturated carbocycles. The average Bonchev–Trinajstić information content (AvgIpc) is 2.69. The summed E-state index contributed by atoms with van der Waals surface area (Å²) in [5.74, 6) is -5.13. The molecule has 3 N–H and O–H groups in total. The van der Waals surface area contributed by atoms with Crippen molar-refractivity contribution in [3.8, 4) is 0 Å². The monoisotopic (exact) mass is 290 g/mol. The molecule has 0 spiro atoms. The number of hydrogen-bond donors (Lipinski definition) is 3. The van der Waals surface area contributed by atoms with E-state index < -0.39 is 41.3 Å². The number of carbonyl (C=O) groups excluding carboxylic acids is 1. The van der Waals surface area contributed by atoms with Crippen LogP contribution in [0.2, 0.25) is 0 Å². The van der Waals surface area contributed by atoms with Crippen molar-refractivity contribution < 1.29 is 28.2 Å². The van der Waals surface area contributed by atoms with Gasteiger partial charge in [0.05, 0.1) is 24.4 Å². The van der Waals surface area contributed by atoms with E-state index >= 15 is 0 Å². The number of β-amino-alcohol motifs (C(OH)–C–C–N with tert-alkyl or cyclic N) is 2. The van der Waals surface area contributed by atoms with Gasteiger partial charge in [-0.2, -0.15) is 0 Å². The number of aliphatic hydroxyl groups excluding tert-OH is 2. The minimum absolute atomic E-state index is 0.106. The first kappa shape index (κ1) is 14.8. The Bertz CT molecular complexity index is 517. The Kier molecular flexibility index (Phi) is 4.26. The minimum Gasteiger partial charge on any atom is -0.389 e. The fourth-order valence-corrected chi connectivity index (χ4v) is 1.99. The first-order valence-electron chi connectivity index (χ1n) is 5.90. The van der Waals surface area contributed by atoms with Gasteiger partial charge in [-0.3, -0.25) is 9.69 Å². The molecule has 2 atom stereocenters. The lowest BCUT2D eigenvalue weighted by Gasteiger charge is -2.14. The van der Waals surface area contributed by atoms with Gasteiger partial charge in [0.15, 0.2) is 17.5 Å². The van der Waals surface area contributed by atoms with Crippen LogP contribution in [0.5, 0.6) is 0 Å². The fourth-order valence-electron chi connectivity index (χ4n) is 1.99. The maximum atomic E-state index is 13.3. The van der Waals surface area contributed by atoms with Crippen LogP contribution in [0.1, 0.15) is 0 Å². The number of likely N-dealkylation sites (tertiary alicyclic amines) is 1. The van der Waals surface area contributed by atoms with Crippen molar-refractivity contribution in [3.63, 3.8) is 0 Å². The van der Waals surface area contributed by atoms with Crippen LogP contribution in [-0.4, -0.2) is 52.9 Å². The second-order valence-electron chi connectivity index (χ2n) is 4.60. The molecule has 110 valence electrons. The van der Waals surface area contributed by atoms with E-state index in [1.807, 2.05) is 0 Å². The number of benzene rings is 1. The van der Waals surface area contributed by atoms with E-state index in [1.54, 1.807) is 0 Å². The molecule has 1 aliphatic rings. The zero-order valence-corrected chi connectivity index (χ0v) is 10.3. The first-order valence-corrected chi connectivity index (χ1v) is 5.90. The smallest absolute Gasteiger partial charge is 0.238 e. The van der Waals surface area contributed by atoms with Crippen LogP contribution < -0.4 is 5.32 Å². The van der Waals surface area contributed by atoms with Crippen molar-refractivity contribution in [3.05, 3.63) is 29.6 Å². The van der Waals surface area contributed by atoms with Gasteiger partial charge >= 0.3 is 0 Å². The van der Waals surface area contributed by atoms with Crippen LogP contribution in [0, 0.1) is 17.5 Å². The molecule has 1 aromatic carbocycles. The van der Waals surface area contributed by atoms with Gasteiger partial charge in [-0.1, -0.05) is 0 Å². The molecule has 0 aliphatic carbocycles. The summed E-state index contributed by atoms with van der Waals surface area (Å²) in [5, 5.41) is 20.7. The van der Waals surface area contributed by atoms with E-state index in [-0.39, 0.29) is 19.6 Å². The molecule has 1 fully saturated rings. The summed E-state index contributed by atoms with van der Waals surface area (Å²) < 4.78 is 39.0. The largest absolute Gasteiger partial charge is 0.389 e. The van der Waals surface area contributed by atoms with Gasteiger partial charge < -0.3 is 15.5 Å². The molecule has 0 radical (unpaired) electrons. The summed E-state index contributed by atoms with van der Waals surface area (Å²) in [4.78, 5) is 13.1. The Morgan fingerprint density at radius 3 is 2.40 bits per heavy atom. The third-order valence-corrected chi connectivity index (χ3v) is 3.01. The van der Waals surface area contributed by atoms with E-state index in [1.165, 1.54) is 4.90 Å². The van der Waals surface area contributed by atoms with E-state index in [9.17, 15) is 28.2 Å². The lowest BCUT2D eigenvalue weighted by Crippen LogP contribution is -2.32. The quantitative estimate of drug-likeness (QED) is 0.689. The molecule has 1 heterocycles. The zero-order valence-electron chi connectivity index (χ0n) is 10.3. The molecular formula is C12H13F3N2O3.